The number of carbonyl (C=O) groups is 1. The smallest absolute Gasteiger partial charge is 0.337 e. The van der Waals surface area contributed by atoms with Gasteiger partial charge in [-0.2, -0.15) is 0 Å². The Morgan fingerprint density at radius 3 is 2.73 bits per heavy atom. The number of nitrogens with zero attached hydrogens (tertiary/aromatic N) is 1. The average molecular weight is 353 g/mol. The van der Waals surface area contributed by atoms with Crippen LogP contribution in [-0.4, -0.2) is 41.7 Å². The number of aliphatic hydroxyl groups excluding tert-OH is 1. The topological polar surface area (TPSA) is 70.0 Å². The van der Waals surface area contributed by atoms with Crippen LogP contribution in [0.4, 0.5) is 0 Å². The SMILES string of the molecule is CN(C)CC/C=C1\c2ccccc2COc2ccc(C(O)C(=O)O)cc21. The molecular weight excluding hydrogens is 330 g/mol. The minimum Gasteiger partial charge on any atom is -0.488 e. The molecule has 1 aliphatic heterocycles. The van der Waals surface area contributed by atoms with Gasteiger partial charge in [0.15, 0.2) is 6.10 Å². The van der Waals surface area contributed by atoms with Crippen molar-refractivity contribution in [1.29, 1.82) is 0 Å². The lowest BCUT2D eigenvalue weighted by Crippen LogP contribution is -2.12. The van der Waals surface area contributed by atoms with Gasteiger partial charge in [-0.05, 0) is 54.9 Å². The van der Waals surface area contributed by atoms with Crippen LogP contribution in [-0.2, 0) is 11.4 Å². The van der Waals surface area contributed by atoms with Crippen molar-refractivity contribution in [2.75, 3.05) is 20.6 Å². The zero-order chi connectivity index (χ0) is 18.7. The second-order valence-corrected chi connectivity index (χ2v) is 6.65. The van der Waals surface area contributed by atoms with E-state index in [1.54, 1.807) is 18.2 Å². The highest BCUT2D eigenvalue weighted by molar-refractivity contribution is 5.86. The first-order chi connectivity index (χ1) is 12.5. The van der Waals surface area contributed by atoms with Gasteiger partial charge in [-0.1, -0.05) is 36.4 Å². The fourth-order valence-electron chi connectivity index (χ4n) is 3.09. The molecule has 1 atom stereocenters. The Balaban J connectivity index is 2.11. The van der Waals surface area contributed by atoms with Crippen LogP contribution in [0, 0.1) is 0 Å². The van der Waals surface area contributed by atoms with Crippen LogP contribution in [0.15, 0.2) is 48.5 Å². The van der Waals surface area contributed by atoms with Gasteiger partial charge in [0.25, 0.3) is 0 Å². The maximum absolute atomic E-state index is 11.2. The molecule has 0 aliphatic carbocycles. The third-order valence-corrected chi connectivity index (χ3v) is 4.46. The summed E-state index contributed by atoms with van der Waals surface area (Å²) >= 11 is 0. The molecule has 5 heteroatoms. The number of hydrogen-bond donors (Lipinski definition) is 2. The van der Waals surface area contributed by atoms with Crippen LogP contribution in [0.3, 0.4) is 0 Å². The fraction of sp³-hybridized carbons (Fsp3) is 0.286. The number of aliphatic carboxylic acids is 1. The van der Waals surface area contributed by atoms with Crippen molar-refractivity contribution in [3.8, 4) is 5.75 Å². The molecule has 0 saturated heterocycles. The predicted octanol–water partition coefficient (Wildman–Crippen LogP) is 3.08. The van der Waals surface area contributed by atoms with Crippen molar-refractivity contribution in [3.05, 3.63) is 70.8 Å². The molecular formula is C21H23NO4. The number of fused-ring (bicyclic) bond motifs is 2. The van der Waals surface area contributed by atoms with E-state index in [-0.39, 0.29) is 0 Å². The first kappa shape index (κ1) is 18.2. The van der Waals surface area contributed by atoms with E-state index in [4.69, 9.17) is 9.84 Å². The Labute approximate surface area is 153 Å². The Morgan fingerprint density at radius 1 is 1.23 bits per heavy atom. The molecule has 0 fully saturated rings. The summed E-state index contributed by atoms with van der Waals surface area (Å²) < 4.78 is 5.95. The molecule has 5 nitrogen and oxygen atoms in total. The van der Waals surface area contributed by atoms with Gasteiger partial charge in [0.1, 0.15) is 12.4 Å². The summed E-state index contributed by atoms with van der Waals surface area (Å²) in [6.07, 6.45) is 1.45. The van der Waals surface area contributed by atoms with Crippen molar-refractivity contribution >= 4 is 11.5 Å². The summed E-state index contributed by atoms with van der Waals surface area (Å²) in [4.78, 5) is 13.3. The van der Waals surface area contributed by atoms with E-state index in [1.165, 1.54) is 0 Å². The highest BCUT2D eigenvalue weighted by Crippen LogP contribution is 2.38. The fourth-order valence-corrected chi connectivity index (χ4v) is 3.09. The molecule has 0 saturated carbocycles. The zero-order valence-electron chi connectivity index (χ0n) is 15.0. The van der Waals surface area contributed by atoms with Gasteiger partial charge in [-0.15, -0.1) is 0 Å². The highest BCUT2D eigenvalue weighted by atomic mass is 16.5. The van der Waals surface area contributed by atoms with Crippen LogP contribution in [0.5, 0.6) is 5.75 Å². The van der Waals surface area contributed by atoms with E-state index in [2.05, 4.69) is 17.0 Å². The number of rotatable bonds is 5. The predicted molar refractivity (Wildman–Crippen MR) is 100 cm³/mol. The molecule has 0 aromatic heterocycles. The Hall–Kier alpha value is -2.63. The molecule has 136 valence electrons. The molecule has 0 amide bonds. The minimum absolute atomic E-state index is 0.345. The summed E-state index contributed by atoms with van der Waals surface area (Å²) in [5, 5.41) is 19.1. The van der Waals surface area contributed by atoms with E-state index in [1.807, 2.05) is 32.3 Å². The lowest BCUT2D eigenvalue weighted by Gasteiger charge is -2.14. The lowest BCUT2D eigenvalue weighted by atomic mass is 9.92. The number of carboxylic acids is 1. The van der Waals surface area contributed by atoms with Crippen molar-refractivity contribution in [2.45, 2.75) is 19.1 Å². The van der Waals surface area contributed by atoms with E-state index in [9.17, 15) is 9.90 Å². The van der Waals surface area contributed by atoms with E-state index in [0.717, 1.165) is 35.2 Å². The monoisotopic (exact) mass is 353 g/mol. The van der Waals surface area contributed by atoms with Gasteiger partial charge < -0.3 is 19.8 Å². The van der Waals surface area contributed by atoms with Crippen molar-refractivity contribution in [3.63, 3.8) is 0 Å². The van der Waals surface area contributed by atoms with Crippen LogP contribution in [0.1, 0.15) is 34.8 Å². The van der Waals surface area contributed by atoms with Gasteiger partial charge in [-0.25, -0.2) is 4.79 Å². The molecule has 0 bridgehead atoms. The summed E-state index contributed by atoms with van der Waals surface area (Å²) in [6, 6.07) is 13.1. The molecule has 1 unspecified atom stereocenters. The first-order valence-electron chi connectivity index (χ1n) is 8.58. The molecule has 1 aliphatic rings. The number of hydrogen-bond acceptors (Lipinski definition) is 4. The van der Waals surface area contributed by atoms with Gasteiger partial charge in [-0.3, -0.25) is 0 Å². The zero-order valence-corrected chi connectivity index (χ0v) is 15.0. The maximum atomic E-state index is 11.2. The van der Waals surface area contributed by atoms with E-state index in [0.29, 0.717) is 17.9 Å². The second kappa shape index (κ2) is 7.72. The summed E-state index contributed by atoms with van der Waals surface area (Å²) in [5.41, 5.74) is 4.32. The number of carboxylic acid groups (broad SMARTS) is 1. The third-order valence-electron chi connectivity index (χ3n) is 4.46. The largest absolute Gasteiger partial charge is 0.488 e. The number of aliphatic hydroxyl groups is 1. The van der Waals surface area contributed by atoms with E-state index >= 15 is 0 Å². The normalized spacial score (nSPS) is 15.8. The Bertz CT molecular complexity index is 842. The Morgan fingerprint density at radius 2 is 2.00 bits per heavy atom. The molecule has 1 heterocycles. The summed E-state index contributed by atoms with van der Waals surface area (Å²) in [7, 11) is 4.05. The molecule has 0 spiro atoms. The van der Waals surface area contributed by atoms with E-state index < -0.39 is 12.1 Å². The molecule has 2 aromatic carbocycles. The molecule has 26 heavy (non-hydrogen) atoms. The van der Waals surface area contributed by atoms with Crippen molar-refractivity contribution < 1.29 is 19.7 Å². The Kier molecular flexibility index (Phi) is 5.40. The highest BCUT2D eigenvalue weighted by Gasteiger charge is 2.22. The van der Waals surface area contributed by atoms with Crippen molar-refractivity contribution in [1.82, 2.24) is 4.90 Å². The maximum Gasteiger partial charge on any atom is 0.337 e. The average Bonchev–Trinajstić information content (AvgIpc) is 2.78. The summed E-state index contributed by atoms with van der Waals surface area (Å²) in [6.45, 7) is 1.36. The van der Waals surface area contributed by atoms with Gasteiger partial charge >= 0.3 is 5.97 Å². The minimum atomic E-state index is -1.55. The first-order valence-corrected chi connectivity index (χ1v) is 8.58. The van der Waals surface area contributed by atoms with Crippen LogP contribution in [0.2, 0.25) is 0 Å². The number of benzene rings is 2. The van der Waals surface area contributed by atoms with Crippen LogP contribution in [0.25, 0.3) is 5.57 Å². The second-order valence-electron chi connectivity index (χ2n) is 6.65. The summed E-state index contributed by atoms with van der Waals surface area (Å²) in [5.74, 6) is -0.573. The van der Waals surface area contributed by atoms with Crippen LogP contribution >= 0.6 is 0 Å². The van der Waals surface area contributed by atoms with Gasteiger partial charge in [0, 0.05) is 12.1 Å². The quantitative estimate of drug-likeness (QED) is 0.864. The molecule has 3 rings (SSSR count). The molecule has 0 radical (unpaired) electrons. The van der Waals surface area contributed by atoms with Crippen LogP contribution < -0.4 is 4.74 Å². The number of ether oxygens (including phenoxy) is 1. The van der Waals surface area contributed by atoms with Gasteiger partial charge in [0.2, 0.25) is 0 Å². The molecule has 2 N–H and O–H groups in total. The van der Waals surface area contributed by atoms with Crippen molar-refractivity contribution in [2.24, 2.45) is 0 Å². The molecule has 2 aromatic rings. The standard InChI is InChI=1S/C21H23NO4/c1-22(2)11-5-8-17-16-7-4-3-6-15(16)13-26-19-10-9-14(12-18(17)19)20(23)21(24)25/h3-4,6-10,12,20,23H,5,11,13H2,1-2H3,(H,24,25)/b17-8+. The van der Waals surface area contributed by atoms with Gasteiger partial charge in [0.05, 0.1) is 0 Å². The lowest BCUT2D eigenvalue weighted by molar-refractivity contribution is -0.146. The third kappa shape index (κ3) is 3.79.